The van der Waals surface area contributed by atoms with E-state index in [1.165, 1.54) is 0 Å². The molecule has 0 radical (unpaired) electrons. The second-order valence-corrected chi connectivity index (χ2v) is 12.4. The molecular formula is C18H32N5O4P. The predicted molar refractivity (Wildman–Crippen MR) is 112 cm³/mol. The molecule has 5 N–H and O–H groups in total. The van der Waals surface area contributed by atoms with Crippen LogP contribution in [0.5, 0.6) is 0 Å². The van der Waals surface area contributed by atoms with Crippen LogP contribution in [0.1, 0.15) is 44.3 Å². The number of guanidine groups is 1. The first-order valence-corrected chi connectivity index (χ1v) is 12.7. The molecule has 1 fully saturated rings. The predicted octanol–water partition coefficient (Wildman–Crippen LogP) is 1.16. The summed E-state index contributed by atoms with van der Waals surface area (Å²) < 4.78 is 13.5. The summed E-state index contributed by atoms with van der Waals surface area (Å²) in [4.78, 5) is 8.67. The lowest BCUT2D eigenvalue weighted by atomic mass is 10.1. The van der Waals surface area contributed by atoms with Gasteiger partial charge in [0.1, 0.15) is 23.7 Å². The molecule has 5 atom stereocenters. The molecule has 28 heavy (non-hydrogen) atoms. The van der Waals surface area contributed by atoms with Gasteiger partial charge in [0.15, 0.2) is 18.4 Å². The van der Waals surface area contributed by atoms with E-state index in [2.05, 4.69) is 41.8 Å². The Morgan fingerprint density at radius 2 is 2.14 bits per heavy atom. The Balaban J connectivity index is 1.77. The van der Waals surface area contributed by atoms with Gasteiger partial charge in [0, 0.05) is 6.61 Å². The highest BCUT2D eigenvalue weighted by molar-refractivity contribution is 7.72. The van der Waals surface area contributed by atoms with Crippen molar-refractivity contribution in [1.82, 2.24) is 9.55 Å². The van der Waals surface area contributed by atoms with Crippen LogP contribution in [-0.4, -0.2) is 76.4 Å². The number of fused-ring (bicyclic) bond motifs is 1. The SMILES string of the molecule is C=P(C)(C)CC[C@H]1OC(n2cnc3c2NC(N)=NC3OCCCC)[C@H](O)[C@@H]1O. The third-order valence-corrected chi connectivity index (χ3v) is 6.43. The lowest BCUT2D eigenvalue weighted by molar-refractivity contribution is -0.0364. The van der Waals surface area contributed by atoms with Crippen LogP contribution >= 0.6 is 6.89 Å². The molecule has 10 heteroatoms. The molecule has 1 saturated heterocycles. The highest BCUT2D eigenvalue weighted by atomic mass is 31.2. The number of unbranched alkanes of at least 4 members (excludes halogenated alkanes) is 1. The number of imidazole rings is 1. The van der Waals surface area contributed by atoms with Crippen molar-refractivity contribution in [3.05, 3.63) is 12.0 Å². The number of ether oxygens (including phenoxy) is 2. The van der Waals surface area contributed by atoms with Crippen molar-refractivity contribution in [2.45, 2.75) is 57.0 Å². The summed E-state index contributed by atoms with van der Waals surface area (Å²) in [6, 6.07) is 0. The molecule has 1 aromatic rings. The van der Waals surface area contributed by atoms with Gasteiger partial charge in [0.05, 0.1) is 12.4 Å². The minimum absolute atomic E-state index is 0.212. The number of nitrogens with zero attached hydrogens (tertiary/aromatic N) is 3. The number of aromatic nitrogens is 2. The second-order valence-electron chi connectivity index (χ2n) is 8.10. The van der Waals surface area contributed by atoms with Crippen molar-refractivity contribution in [1.29, 1.82) is 0 Å². The van der Waals surface area contributed by atoms with Gasteiger partial charge in [0.2, 0.25) is 0 Å². The quantitative estimate of drug-likeness (QED) is 0.372. The van der Waals surface area contributed by atoms with Crippen LogP contribution in [0, 0.1) is 0 Å². The van der Waals surface area contributed by atoms with E-state index in [9.17, 15) is 10.2 Å². The molecular weight excluding hydrogens is 381 g/mol. The molecule has 2 aliphatic rings. The third kappa shape index (κ3) is 4.60. The lowest BCUT2D eigenvalue weighted by Gasteiger charge is -2.24. The number of aliphatic hydroxyl groups is 2. The standard InChI is InChI=1S/C18H32N5O4P/c1-5-6-8-26-16-12-15(21-18(19)22-16)23(10-20-12)17-14(25)13(24)11(27-17)7-9-28(2,3)4/h10-11,13-14,16-17,24-25H,2,5-9H2,1,3-4H3,(H3,19,21,22)/t11-,13-,14-,16?,17?/m1/s1. The fourth-order valence-electron chi connectivity index (χ4n) is 3.35. The summed E-state index contributed by atoms with van der Waals surface area (Å²) in [5.74, 6) is 0.778. The van der Waals surface area contributed by atoms with Crippen molar-refractivity contribution in [3.8, 4) is 0 Å². The molecule has 0 aromatic carbocycles. The highest BCUT2D eigenvalue weighted by Gasteiger charge is 2.45. The molecule has 0 bridgehead atoms. The first-order valence-electron chi connectivity index (χ1n) is 9.69. The fourth-order valence-corrected chi connectivity index (χ4v) is 4.30. The molecule has 0 saturated carbocycles. The summed E-state index contributed by atoms with van der Waals surface area (Å²) in [5.41, 5.74) is 6.50. The molecule has 1 aromatic heterocycles. The summed E-state index contributed by atoms with van der Waals surface area (Å²) in [6.07, 6.45) is 5.35. The third-order valence-electron chi connectivity index (χ3n) is 4.96. The number of anilines is 1. The Bertz CT molecular complexity index is 761. The maximum absolute atomic E-state index is 10.6. The van der Waals surface area contributed by atoms with E-state index in [4.69, 9.17) is 15.2 Å². The van der Waals surface area contributed by atoms with Crippen LogP contribution in [0.3, 0.4) is 0 Å². The molecule has 3 rings (SSSR count). The van der Waals surface area contributed by atoms with Crippen LogP contribution in [0.25, 0.3) is 0 Å². The van der Waals surface area contributed by atoms with Crippen molar-refractivity contribution >= 4 is 25.0 Å². The smallest absolute Gasteiger partial charge is 0.198 e. The van der Waals surface area contributed by atoms with Gasteiger partial charge in [-0.05, 0) is 32.3 Å². The van der Waals surface area contributed by atoms with Gasteiger partial charge >= 0.3 is 0 Å². The zero-order chi connectivity index (χ0) is 20.5. The lowest BCUT2D eigenvalue weighted by Crippen LogP contribution is -2.33. The first-order chi connectivity index (χ1) is 13.2. The molecule has 0 spiro atoms. The van der Waals surface area contributed by atoms with E-state index in [0.29, 0.717) is 24.5 Å². The van der Waals surface area contributed by atoms with Crippen LogP contribution in [0.4, 0.5) is 5.82 Å². The molecule has 2 aliphatic heterocycles. The van der Waals surface area contributed by atoms with Crippen molar-refractivity contribution in [3.63, 3.8) is 0 Å². The number of rotatable bonds is 8. The number of aliphatic hydroxyl groups excluding tert-OH is 2. The first kappa shape index (κ1) is 21.3. The van der Waals surface area contributed by atoms with Gasteiger partial charge in [-0.2, -0.15) is 0 Å². The van der Waals surface area contributed by atoms with Gasteiger partial charge in [-0.15, -0.1) is 13.2 Å². The molecule has 3 heterocycles. The van der Waals surface area contributed by atoms with Crippen LogP contribution in [0.15, 0.2) is 11.3 Å². The van der Waals surface area contributed by atoms with Crippen LogP contribution in [0.2, 0.25) is 0 Å². The van der Waals surface area contributed by atoms with E-state index < -0.39 is 37.7 Å². The van der Waals surface area contributed by atoms with E-state index in [1.807, 2.05) is 0 Å². The molecule has 0 amide bonds. The average Bonchev–Trinajstić information content (AvgIpc) is 3.15. The van der Waals surface area contributed by atoms with Crippen molar-refractivity contribution < 1.29 is 19.7 Å². The number of nitrogens with two attached hydrogens (primary N) is 1. The topological polar surface area (TPSA) is 127 Å². The number of hydrogen-bond acceptors (Lipinski definition) is 8. The van der Waals surface area contributed by atoms with E-state index in [-0.39, 0.29) is 5.96 Å². The maximum Gasteiger partial charge on any atom is 0.198 e. The van der Waals surface area contributed by atoms with Gasteiger partial charge in [-0.3, -0.25) is 4.57 Å². The fraction of sp³-hybridized carbons (Fsp3) is 0.722. The largest absolute Gasteiger partial charge is 0.388 e. The zero-order valence-electron chi connectivity index (χ0n) is 16.8. The van der Waals surface area contributed by atoms with Crippen LogP contribution in [-0.2, 0) is 9.47 Å². The van der Waals surface area contributed by atoms with Crippen molar-refractivity contribution in [2.24, 2.45) is 10.7 Å². The van der Waals surface area contributed by atoms with E-state index in [1.54, 1.807) is 10.9 Å². The van der Waals surface area contributed by atoms with Gasteiger partial charge in [0.25, 0.3) is 0 Å². The number of hydrogen-bond donors (Lipinski definition) is 4. The maximum atomic E-state index is 10.6. The summed E-state index contributed by atoms with van der Waals surface area (Å²) in [6.45, 7) is 5.67. The summed E-state index contributed by atoms with van der Waals surface area (Å²) >= 11 is 0. The summed E-state index contributed by atoms with van der Waals surface area (Å²) in [5, 5.41) is 24.0. The van der Waals surface area contributed by atoms with Gasteiger partial charge in [-0.25, -0.2) is 9.98 Å². The molecule has 158 valence electrons. The van der Waals surface area contributed by atoms with E-state index >= 15 is 0 Å². The van der Waals surface area contributed by atoms with Crippen molar-refractivity contribution in [2.75, 3.05) is 31.4 Å². The Kier molecular flexibility index (Phi) is 6.51. The monoisotopic (exact) mass is 413 g/mol. The Morgan fingerprint density at radius 1 is 1.39 bits per heavy atom. The van der Waals surface area contributed by atoms with E-state index in [0.717, 1.165) is 19.0 Å². The van der Waals surface area contributed by atoms with Gasteiger partial charge in [-0.1, -0.05) is 13.3 Å². The number of aliphatic imine (C=N–C) groups is 1. The zero-order valence-corrected chi connectivity index (χ0v) is 17.7. The van der Waals surface area contributed by atoms with Crippen LogP contribution < -0.4 is 11.1 Å². The number of nitrogens with one attached hydrogen (secondary N) is 1. The van der Waals surface area contributed by atoms with Gasteiger partial charge < -0.3 is 30.7 Å². The second kappa shape index (κ2) is 8.55. The molecule has 0 aliphatic carbocycles. The minimum atomic E-state index is -1.25. The minimum Gasteiger partial charge on any atom is -0.388 e. The Hall–Kier alpha value is -1.38. The highest BCUT2D eigenvalue weighted by Crippen LogP contribution is 2.41. The summed E-state index contributed by atoms with van der Waals surface area (Å²) in [7, 11) is 0. The average molecular weight is 413 g/mol. The molecule has 2 unspecified atom stereocenters. The Morgan fingerprint density at radius 3 is 2.82 bits per heavy atom. The Labute approximate surface area is 165 Å². The normalized spacial score (nSPS) is 30.0. The molecule has 9 nitrogen and oxygen atoms in total.